The van der Waals surface area contributed by atoms with Crippen LogP contribution in [0.2, 0.25) is 10.0 Å². The number of ether oxygens (including phenoxy) is 2. The highest BCUT2D eigenvalue weighted by molar-refractivity contribution is 9.10. The van der Waals surface area contributed by atoms with Gasteiger partial charge in [0.1, 0.15) is 6.61 Å². The smallest absolute Gasteiger partial charge is 0.298 e. The molecule has 0 unspecified atom stereocenters. The van der Waals surface area contributed by atoms with Crippen LogP contribution in [0.3, 0.4) is 0 Å². The van der Waals surface area contributed by atoms with Crippen molar-refractivity contribution in [2.24, 2.45) is 0 Å². The van der Waals surface area contributed by atoms with E-state index in [1.165, 1.54) is 0 Å². The number of halogens is 3. The zero-order chi connectivity index (χ0) is 24.2. The summed E-state index contributed by atoms with van der Waals surface area (Å²) >= 11 is 16.6. The summed E-state index contributed by atoms with van der Waals surface area (Å²) < 4.78 is 12.5. The number of hydrogen-bond acceptors (Lipinski definition) is 5. The zero-order valence-electron chi connectivity index (χ0n) is 17.9. The van der Waals surface area contributed by atoms with E-state index < -0.39 is 11.1 Å². The van der Waals surface area contributed by atoms with E-state index in [0.717, 1.165) is 22.2 Å². The number of thioether (sulfide) groups is 1. The number of benzene rings is 3. The molecule has 1 aliphatic heterocycles. The SMILES string of the molecule is CCOc1cc(/C=C2\SC(=O)N(c3ccccc3Cl)C2=O)cc(Br)c1OCc1ccc(Cl)cc1. The minimum Gasteiger partial charge on any atom is -0.490 e. The molecule has 0 bridgehead atoms. The van der Waals surface area contributed by atoms with Crippen LogP contribution < -0.4 is 14.4 Å². The van der Waals surface area contributed by atoms with Crippen molar-refractivity contribution in [2.75, 3.05) is 11.5 Å². The van der Waals surface area contributed by atoms with Gasteiger partial charge < -0.3 is 9.47 Å². The lowest BCUT2D eigenvalue weighted by Gasteiger charge is -2.15. The number of rotatable bonds is 7. The van der Waals surface area contributed by atoms with Crippen molar-refractivity contribution in [1.29, 1.82) is 0 Å². The van der Waals surface area contributed by atoms with Gasteiger partial charge in [-0.3, -0.25) is 9.59 Å². The predicted octanol–water partition coefficient (Wildman–Crippen LogP) is 7.97. The van der Waals surface area contributed by atoms with Gasteiger partial charge in [-0.05, 0) is 88.2 Å². The highest BCUT2D eigenvalue weighted by Crippen LogP contribution is 2.41. The molecule has 9 heteroatoms. The minimum atomic E-state index is -0.430. The standard InChI is InChI=1S/C25H18BrCl2NO4S/c1-2-32-21-12-16(11-18(26)23(21)33-14-15-7-9-17(27)10-8-15)13-22-24(30)29(25(31)34-22)20-6-4-3-5-19(20)28/h3-13H,2,14H2,1H3/b22-13-. The third-order valence-electron chi connectivity index (χ3n) is 4.81. The quantitative estimate of drug-likeness (QED) is 0.266. The molecular formula is C25H18BrCl2NO4S. The second-order valence-corrected chi connectivity index (χ2v) is 9.84. The average Bonchev–Trinajstić information content (AvgIpc) is 3.07. The summed E-state index contributed by atoms with van der Waals surface area (Å²) in [5, 5.41) is 0.578. The molecule has 3 aromatic rings. The van der Waals surface area contributed by atoms with Gasteiger partial charge in [-0.1, -0.05) is 47.5 Å². The Labute approximate surface area is 219 Å². The van der Waals surface area contributed by atoms with E-state index in [4.69, 9.17) is 32.7 Å². The molecule has 0 N–H and O–H groups in total. The molecule has 0 atom stereocenters. The topological polar surface area (TPSA) is 55.8 Å². The first-order valence-electron chi connectivity index (χ1n) is 10.2. The van der Waals surface area contributed by atoms with Crippen molar-refractivity contribution in [3.63, 3.8) is 0 Å². The van der Waals surface area contributed by atoms with Gasteiger partial charge in [0.25, 0.3) is 11.1 Å². The Morgan fingerprint density at radius 1 is 1.03 bits per heavy atom. The molecule has 1 heterocycles. The van der Waals surface area contributed by atoms with E-state index in [-0.39, 0.29) is 4.91 Å². The number of hydrogen-bond donors (Lipinski definition) is 0. The van der Waals surface area contributed by atoms with Gasteiger partial charge in [0.05, 0.1) is 26.7 Å². The molecule has 3 aromatic carbocycles. The van der Waals surface area contributed by atoms with Crippen LogP contribution in [0.25, 0.3) is 6.08 Å². The number of nitrogens with zero attached hydrogens (tertiary/aromatic N) is 1. The molecule has 0 radical (unpaired) electrons. The van der Waals surface area contributed by atoms with Crippen molar-refractivity contribution >= 4 is 73.8 Å². The average molecular weight is 579 g/mol. The molecular weight excluding hydrogens is 561 g/mol. The fraction of sp³-hybridized carbons (Fsp3) is 0.120. The summed E-state index contributed by atoms with van der Waals surface area (Å²) in [6, 6.07) is 17.7. The summed E-state index contributed by atoms with van der Waals surface area (Å²) in [5.41, 5.74) is 1.99. The normalized spacial score (nSPS) is 14.7. The van der Waals surface area contributed by atoms with Crippen LogP contribution in [-0.2, 0) is 11.4 Å². The predicted molar refractivity (Wildman–Crippen MR) is 141 cm³/mol. The summed E-state index contributed by atoms with van der Waals surface area (Å²) in [4.78, 5) is 26.9. The molecule has 0 aliphatic carbocycles. The maximum absolute atomic E-state index is 13.0. The van der Waals surface area contributed by atoms with Crippen LogP contribution in [0.15, 0.2) is 70.0 Å². The van der Waals surface area contributed by atoms with Gasteiger partial charge in [-0.2, -0.15) is 0 Å². The van der Waals surface area contributed by atoms with Gasteiger partial charge in [0, 0.05) is 5.02 Å². The van der Waals surface area contributed by atoms with Crippen molar-refractivity contribution in [2.45, 2.75) is 13.5 Å². The molecule has 0 aromatic heterocycles. The Morgan fingerprint density at radius 2 is 1.76 bits per heavy atom. The lowest BCUT2D eigenvalue weighted by atomic mass is 10.1. The Balaban J connectivity index is 1.60. The third-order valence-corrected chi connectivity index (χ3v) is 6.84. The molecule has 0 spiro atoms. The maximum Gasteiger partial charge on any atom is 0.298 e. The van der Waals surface area contributed by atoms with Gasteiger partial charge in [-0.15, -0.1) is 0 Å². The highest BCUT2D eigenvalue weighted by Gasteiger charge is 2.37. The summed E-state index contributed by atoms with van der Waals surface area (Å²) in [7, 11) is 0. The van der Waals surface area contributed by atoms with Crippen molar-refractivity contribution < 1.29 is 19.1 Å². The number of carbonyl (C=O) groups excluding carboxylic acids is 2. The Bertz CT molecular complexity index is 1280. The summed E-state index contributed by atoms with van der Waals surface area (Å²) in [6.07, 6.45) is 1.65. The highest BCUT2D eigenvalue weighted by atomic mass is 79.9. The molecule has 1 saturated heterocycles. The molecule has 5 nitrogen and oxygen atoms in total. The first-order valence-corrected chi connectivity index (χ1v) is 12.6. The Hall–Kier alpha value is -2.45. The van der Waals surface area contributed by atoms with Crippen LogP contribution in [0.4, 0.5) is 10.5 Å². The lowest BCUT2D eigenvalue weighted by molar-refractivity contribution is -0.113. The molecule has 34 heavy (non-hydrogen) atoms. The third kappa shape index (κ3) is 5.44. The van der Waals surface area contributed by atoms with E-state index in [2.05, 4.69) is 15.9 Å². The first-order chi connectivity index (χ1) is 16.4. The number of imide groups is 1. The maximum atomic E-state index is 13.0. The second-order valence-electron chi connectivity index (χ2n) is 7.15. The van der Waals surface area contributed by atoms with Crippen LogP contribution >= 0.6 is 50.9 Å². The molecule has 4 rings (SSSR count). The summed E-state index contributed by atoms with van der Waals surface area (Å²) in [6.45, 7) is 2.63. The van der Waals surface area contributed by atoms with Crippen LogP contribution in [0.5, 0.6) is 11.5 Å². The number of carbonyl (C=O) groups is 2. The van der Waals surface area contributed by atoms with Crippen LogP contribution in [0, 0.1) is 0 Å². The van der Waals surface area contributed by atoms with Crippen molar-refractivity contribution in [3.8, 4) is 11.5 Å². The molecule has 0 saturated carbocycles. The van der Waals surface area contributed by atoms with E-state index in [9.17, 15) is 9.59 Å². The fourth-order valence-electron chi connectivity index (χ4n) is 3.27. The first kappa shape index (κ1) is 24.7. The fourth-order valence-corrected chi connectivity index (χ4v) is 5.02. The molecule has 1 fully saturated rings. The van der Waals surface area contributed by atoms with E-state index in [1.807, 2.05) is 25.1 Å². The lowest BCUT2D eigenvalue weighted by Crippen LogP contribution is -2.27. The minimum absolute atomic E-state index is 0.286. The second kappa shape index (κ2) is 10.9. The van der Waals surface area contributed by atoms with Gasteiger partial charge in [0.15, 0.2) is 11.5 Å². The largest absolute Gasteiger partial charge is 0.490 e. The van der Waals surface area contributed by atoms with Crippen molar-refractivity contribution in [3.05, 3.63) is 91.2 Å². The van der Waals surface area contributed by atoms with Crippen LogP contribution in [0.1, 0.15) is 18.1 Å². The van der Waals surface area contributed by atoms with Crippen LogP contribution in [-0.4, -0.2) is 17.8 Å². The monoisotopic (exact) mass is 577 g/mol. The number of para-hydroxylation sites is 1. The number of anilines is 1. The van der Waals surface area contributed by atoms with Crippen molar-refractivity contribution in [1.82, 2.24) is 0 Å². The van der Waals surface area contributed by atoms with E-state index in [1.54, 1.807) is 48.5 Å². The Morgan fingerprint density at radius 3 is 2.47 bits per heavy atom. The van der Waals surface area contributed by atoms with E-state index >= 15 is 0 Å². The van der Waals surface area contributed by atoms with E-state index in [0.29, 0.717) is 50.5 Å². The molecule has 174 valence electrons. The summed E-state index contributed by atoms with van der Waals surface area (Å²) in [5.74, 6) is 0.626. The van der Waals surface area contributed by atoms with Gasteiger partial charge in [0.2, 0.25) is 0 Å². The molecule has 2 amide bonds. The van der Waals surface area contributed by atoms with Gasteiger partial charge in [-0.25, -0.2) is 4.90 Å². The van der Waals surface area contributed by atoms with Gasteiger partial charge >= 0.3 is 0 Å². The Kier molecular flexibility index (Phi) is 7.88. The zero-order valence-corrected chi connectivity index (χ0v) is 21.8. The number of amides is 2. The molecule has 1 aliphatic rings.